The molecule has 0 spiro atoms. The Morgan fingerprint density at radius 2 is 2.05 bits per heavy atom. The van der Waals surface area contributed by atoms with E-state index < -0.39 is 0 Å². The van der Waals surface area contributed by atoms with Gasteiger partial charge in [0, 0.05) is 18.4 Å². The first-order valence-corrected chi connectivity index (χ1v) is 8.31. The lowest BCUT2D eigenvalue weighted by Gasteiger charge is -2.08. The molecule has 0 radical (unpaired) electrons. The maximum Gasteiger partial charge on any atom is 0.152 e. The minimum atomic E-state index is 0.522. The van der Waals surface area contributed by atoms with Gasteiger partial charge in [-0.05, 0) is 24.8 Å². The van der Waals surface area contributed by atoms with Crippen molar-refractivity contribution in [2.75, 3.05) is 17.7 Å². The summed E-state index contributed by atoms with van der Waals surface area (Å²) in [4.78, 5) is 9.07. The zero-order valence-corrected chi connectivity index (χ0v) is 12.7. The van der Waals surface area contributed by atoms with Crippen LogP contribution in [-0.4, -0.2) is 26.5 Å². The average Bonchev–Trinajstić information content (AvgIpc) is 2.78. The lowest BCUT2D eigenvalue weighted by Crippen LogP contribution is -2.03. The predicted molar refractivity (Wildman–Crippen MR) is 88.4 cm³/mol. The summed E-state index contributed by atoms with van der Waals surface area (Å²) in [5.74, 6) is 2.74. The molecule has 2 N–H and O–H groups in total. The Labute approximate surface area is 122 Å². The van der Waals surface area contributed by atoms with Crippen molar-refractivity contribution in [3.8, 4) is 0 Å². The van der Waals surface area contributed by atoms with Crippen molar-refractivity contribution in [1.82, 2.24) is 14.5 Å². The molecule has 0 amide bonds. The van der Waals surface area contributed by atoms with Crippen LogP contribution in [0.3, 0.4) is 0 Å². The van der Waals surface area contributed by atoms with Gasteiger partial charge in [0.2, 0.25) is 0 Å². The van der Waals surface area contributed by atoms with Crippen molar-refractivity contribution in [3.63, 3.8) is 0 Å². The van der Waals surface area contributed by atoms with E-state index in [9.17, 15) is 0 Å². The molecule has 104 valence electrons. The minimum Gasteiger partial charge on any atom is -0.382 e. The minimum absolute atomic E-state index is 0.522. The van der Waals surface area contributed by atoms with Crippen LogP contribution in [0.15, 0.2) is 24.3 Å². The third kappa shape index (κ3) is 2.12. The Balaban J connectivity index is 2.25. The fourth-order valence-electron chi connectivity index (χ4n) is 2.63. The molecule has 0 fully saturated rings. The number of benzene rings is 1. The summed E-state index contributed by atoms with van der Waals surface area (Å²) in [6.45, 7) is 3.02. The average molecular weight is 287 g/mol. The molecule has 3 aromatic rings. The van der Waals surface area contributed by atoms with Crippen molar-refractivity contribution < 1.29 is 0 Å². The molecule has 0 unspecified atom stereocenters. The molecule has 20 heavy (non-hydrogen) atoms. The van der Waals surface area contributed by atoms with Crippen LogP contribution in [0.4, 0.5) is 5.82 Å². The second-order valence-electron chi connectivity index (χ2n) is 4.92. The molecular weight excluding hydrogens is 268 g/mol. The van der Waals surface area contributed by atoms with Gasteiger partial charge in [-0.25, -0.2) is 9.97 Å². The highest BCUT2D eigenvalue weighted by Crippen LogP contribution is 2.28. The molecule has 0 atom stereocenters. The van der Waals surface area contributed by atoms with Gasteiger partial charge in [0.15, 0.2) is 5.82 Å². The highest BCUT2D eigenvalue weighted by molar-refractivity contribution is 7.77. The number of imidazole rings is 1. The van der Waals surface area contributed by atoms with Crippen molar-refractivity contribution in [2.24, 2.45) is 0 Å². The number of para-hydroxylation sites is 1. The largest absolute Gasteiger partial charge is 0.382 e. The van der Waals surface area contributed by atoms with Gasteiger partial charge in [-0.3, -0.25) is 0 Å². The molecule has 0 aliphatic carbocycles. The van der Waals surface area contributed by atoms with Crippen molar-refractivity contribution in [1.29, 1.82) is 0 Å². The Bertz CT molecular complexity index is 763. The second kappa shape index (κ2) is 5.32. The monoisotopic (exact) mass is 287 g/mol. The molecule has 0 saturated heterocycles. The third-order valence-electron chi connectivity index (χ3n) is 3.56. The van der Waals surface area contributed by atoms with Crippen molar-refractivity contribution in [2.45, 2.75) is 19.9 Å². The van der Waals surface area contributed by atoms with Crippen LogP contribution in [-0.2, 0) is 18.3 Å². The first-order chi connectivity index (χ1) is 9.72. The quantitative estimate of drug-likeness (QED) is 0.455. The molecule has 0 saturated carbocycles. The Kier molecular flexibility index (Phi) is 3.53. The molecule has 2 heterocycles. The number of rotatable bonds is 4. The van der Waals surface area contributed by atoms with Gasteiger partial charge in [0.1, 0.15) is 17.1 Å². The Hall–Kier alpha value is -1.75. The zero-order chi connectivity index (χ0) is 14.1. The summed E-state index contributed by atoms with van der Waals surface area (Å²) in [6.07, 6.45) is 3.34. The predicted octanol–water partition coefficient (Wildman–Crippen LogP) is 2.31. The SMILES string of the molecule is C[SH+]CCCn1c(C)nc2c(N)nc3ccccc3c21. The van der Waals surface area contributed by atoms with E-state index >= 15 is 0 Å². The number of fused-ring (bicyclic) bond motifs is 3. The van der Waals surface area contributed by atoms with E-state index in [0.717, 1.165) is 40.7 Å². The number of hydrogen-bond donors (Lipinski definition) is 1. The van der Waals surface area contributed by atoms with Crippen molar-refractivity contribution in [3.05, 3.63) is 30.1 Å². The maximum atomic E-state index is 6.07. The van der Waals surface area contributed by atoms with Crippen LogP contribution in [0.5, 0.6) is 0 Å². The van der Waals surface area contributed by atoms with Crippen LogP contribution in [0.2, 0.25) is 0 Å². The highest BCUT2D eigenvalue weighted by atomic mass is 32.2. The van der Waals surface area contributed by atoms with E-state index in [0.29, 0.717) is 5.82 Å². The fraction of sp³-hybridized carbons (Fsp3) is 0.333. The number of thiol groups is 1. The smallest absolute Gasteiger partial charge is 0.152 e. The van der Waals surface area contributed by atoms with Crippen LogP contribution < -0.4 is 5.73 Å². The molecule has 0 bridgehead atoms. The van der Waals surface area contributed by atoms with Gasteiger partial charge >= 0.3 is 0 Å². The van der Waals surface area contributed by atoms with E-state index in [-0.39, 0.29) is 0 Å². The summed E-state index contributed by atoms with van der Waals surface area (Å²) >= 11 is 1.44. The normalized spacial score (nSPS) is 11.5. The molecule has 1 aromatic carbocycles. The Morgan fingerprint density at radius 3 is 2.85 bits per heavy atom. The lowest BCUT2D eigenvalue weighted by atomic mass is 10.2. The number of hydrogen-bond acceptors (Lipinski definition) is 3. The number of nitrogen functional groups attached to an aromatic ring is 1. The fourth-order valence-corrected chi connectivity index (χ4v) is 3.09. The van der Waals surface area contributed by atoms with E-state index in [1.807, 2.05) is 25.1 Å². The third-order valence-corrected chi connectivity index (χ3v) is 4.33. The highest BCUT2D eigenvalue weighted by Gasteiger charge is 2.14. The number of aromatic nitrogens is 3. The summed E-state index contributed by atoms with van der Waals surface area (Å²) in [5, 5.41) is 1.13. The number of nitrogens with two attached hydrogens (primary N) is 1. The van der Waals surface area contributed by atoms with Gasteiger partial charge < -0.3 is 10.3 Å². The molecule has 5 heteroatoms. The van der Waals surface area contributed by atoms with E-state index in [4.69, 9.17) is 5.73 Å². The molecule has 0 aliphatic heterocycles. The van der Waals surface area contributed by atoms with E-state index in [1.54, 1.807) is 0 Å². The Morgan fingerprint density at radius 1 is 1.25 bits per heavy atom. The topological polar surface area (TPSA) is 56.7 Å². The van der Waals surface area contributed by atoms with Crippen LogP contribution >= 0.6 is 0 Å². The van der Waals surface area contributed by atoms with Gasteiger partial charge in [-0.15, -0.1) is 0 Å². The van der Waals surface area contributed by atoms with Crippen LogP contribution in [0.25, 0.3) is 21.9 Å². The molecule has 2 aromatic heterocycles. The number of anilines is 1. The summed E-state index contributed by atoms with van der Waals surface area (Å²) in [5.41, 5.74) is 8.96. The molecule has 4 nitrogen and oxygen atoms in total. The number of pyridine rings is 1. The summed E-state index contributed by atoms with van der Waals surface area (Å²) in [6, 6.07) is 8.13. The van der Waals surface area contributed by atoms with E-state index in [1.165, 1.54) is 17.5 Å². The van der Waals surface area contributed by atoms with Gasteiger partial charge in [0.25, 0.3) is 0 Å². The molecule has 3 rings (SSSR count). The maximum absolute atomic E-state index is 6.07. The van der Waals surface area contributed by atoms with Crippen LogP contribution in [0.1, 0.15) is 12.2 Å². The first kappa shape index (κ1) is 13.2. The van der Waals surface area contributed by atoms with Gasteiger partial charge in [-0.2, -0.15) is 0 Å². The number of aryl methyl sites for hydroxylation is 2. The molecule has 0 aliphatic rings. The van der Waals surface area contributed by atoms with Gasteiger partial charge in [-0.1, -0.05) is 18.2 Å². The van der Waals surface area contributed by atoms with Gasteiger partial charge in [0.05, 0.1) is 17.3 Å². The zero-order valence-electron chi connectivity index (χ0n) is 11.8. The van der Waals surface area contributed by atoms with Crippen LogP contribution in [0, 0.1) is 6.92 Å². The standard InChI is InChI=1S/C15H18N4S/c1-10-17-13-14(19(10)8-5-9-20-2)11-6-3-4-7-12(11)18-15(13)16/h3-4,6-7H,5,8-9H2,1-2H3,(H2,16,18)/p+1. The lowest BCUT2D eigenvalue weighted by molar-refractivity contribution is 0.682. The summed E-state index contributed by atoms with van der Waals surface area (Å²) < 4.78 is 2.28. The molecular formula is C15H19N4S+. The second-order valence-corrected chi connectivity index (χ2v) is 6.00. The first-order valence-electron chi connectivity index (χ1n) is 6.79. The number of nitrogens with zero attached hydrogens (tertiary/aromatic N) is 3. The van der Waals surface area contributed by atoms with E-state index in [2.05, 4.69) is 26.9 Å². The van der Waals surface area contributed by atoms with Crippen molar-refractivity contribution >= 4 is 39.5 Å². The summed E-state index contributed by atoms with van der Waals surface area (Å²) in [7, 11) is 0.